The van der Waals surface area contributed by atoms with E-state index in [9.17, 15) is 0 Å². The van der Waals surface area contributed by atoms with Gasteiger partial charge in [0.2, 0.25) is 0 Å². The average Bonchev–Trinajstić information content (AvgIpc) is 2.41. The molecule has 1 aromatic heterocycles. The van der Waals surface area contributed by atoms with Gasteiger partial charge in [-0.05, 0) is 43.3 Å². The maximum atomic E-state index is 7.92. The van der Waals surface area contributed by atoms with Crippen molar-refractivity contribution in [1.29, 1.82) is 5.41 Å². The molecule has 0 aliphatic heterocycles. The van der Waals surface area contributed by atoms with Gasteiger partial charge in [0.25, 0.3) is 0 Å². The minimum absolute atomic E-state index is 0.435. The SMILES string of the molecule is CCNn1c(-c2ccc(OC)cc2)cccc1=N. The van der Waals surface area contributed by atoms with Gasteiger partial charge in [-0.3, -0.25) is 5.41 Å². The molecule has 1 aromatic carbocycles. The second-order valence-electron chi connectivity index (χ2n) is 3.87. The lowest BCUT2D eigenvalue weighted by Crippen LogP contribution is -2.29. The molecule has 0 unspecified atom stereocenters. The summed E-state index contributed by atoms with van der Waals surface area (Å²) in [6.07, 6.45) is 0. The Labute approximate surface area is 106 Å². The number of rotatable bonds is 4. The first-order valence-electron chi connectivity index (χ1n) is 5.91. The lowest BCUT2D eigenvalue weighted by Gasteiger charge is -2.15. The van der Waals surface area contributed by atoms with E-state index in [0.717, 1.165) is 23.6 Å². The maximum Gasteiger partial charge on any atom is 0.144 e. The van der Waals surface area contributed by atoms with E-state index in [0.29, 0.717) is 5.49 Å². The van der Waals surface area contributed by atoms with Crippen molar-refractivity contribution in [1.82, 2.24) is 4.68 Å². The molecule has 0 bridgehead atoms. The number of pyridine rings is 1. The fourth-order valence-electron chi connectivity index (χ4n) is 1.82. The van der Waals surface area contributed by atoms with E-state index in [1.165, 1.54) is 0 Å². The van der Waals surface area contributed by atoms with Gasteiger partial charge in [-0.25, -0.2) is 4.68 Å². The summed E-state index contributed by atoms with van der Waals surface area (Å²) in [6.45, 7) is 2.78. The standard InChI is InChI=1S/C14H17N3O/c1-3-16-17-13(5-4-6-14(17)15)11-7-9-12(18-2)10-8-11/h4-10,15-16H,3H2,1-2H3. The maximum absolute atomic E-state index is 7.92. The van der Waals surface area contributed by atoms with Crippen LogP contribution < -0.4 is 15.7 Å². The molecule has 0 spiro atoms. The molecular weight excluding hydrogens is 226 g/mol. The van der Waals surface area contributed by atoms with Crippen LogP contribution in [0.25, 0.3) is 11.3 Å². The molecule has 94 valence electrons. The van der Waals surface area contributed by atoms with Crippen LogP contribution in [0.15, 0.2) is 42.5 Å². The Kier molecular flexibility index (Phi) is 3.67. The topological polar surface area (TPSA) is 50.0 Å². The third-order valence-corrected chi connectivity index (χ3v) is 2.69. The normalized spacial score (nSPS) is 10.1. The Morgan fingerprint density at radius 1 is 1.17 bits per heavy atom. The van der Waals surface area contributed by atoms with Gasteiger partial charge in [0.05, 0.1) is 12.8 Å². The number of methoxy groups -OCH3 is 1. The van der Waals surface area contributed by atoms with Crippen LogP contribution in [0.1, 0.15) is 6.92 Å². The van der Waals surface area contributed by atoms with Crippen LogP contribution in [0, 0.1) is 5.41 Å². The molecular formula is C14H17N3O. The van der Waals surface area contributed by atoms with E-state index in [4.69, 9.17) is 10.1 Å². The minimum atomic E-state index is 0.435. The molecule has 4 nitrogen and oxygen atoms in total. The fraction of sp³-hybridized carbons (Fsp3) is 0.214. The second-order valence-corrected chi connectivity index (χ2v) is 3.87. The van der Waals surface area contributed by atoms with Gasteiger partial charge < -0.3 is 10.2 Å². The summed E-state index contributed by atoms with van der Waals surface area (Å²) in [5, 5.41) is 7.92. The highest BCUT2D eigenvalue weighted by Gasteiger charge is 2.03. The highest BCUT2D eigenvalue weighted by Crippen LogP contribution is 2.20. The predicted molar refractivity (Wildman–Crippen MR) is 72.2 cm³/mol. The number of hydrogen-bond acceptors (Lipinski definition) is 3. The van der Waals surface area contributed by atoms with E-state index >= 15 is 0 Å². The van der Waals surface area contributed by atoms with E-state index in [2.05, 4.69) is 5.43 Å². The van der Waals surface area contributed by atoms with Gasteiger partial charge in [0.1, 0.15) is 11.2 Å². The first-order chi connectivity index (χ1) is 8.76. The molecule has 2 aromatic rings. The third-order valence-electron chi connectivity index (χ3n) is 2.69. The van der Waals surface area contributed by atoms with Crippen molar-refractivity contribution in [3.63, 3.8) is 0 Å². The highest BCUT2D eigenvalue weighted by molar-refractivity contribution is 5.60. The van der Waals surface area contributed by atoms with Crippen LogP contribution in [-0.4, -0.2) is 18.3 Å². The van der Waals surface area contributed by atoms with E-state index in [1.54, 1.807) is 17.9 Å². The Morgan fingerprint density at radius 3 is 2.50 bits per heavy atom. The smallest absolute Gasteiger partial charge is 0.144 e. The van der Waals surface area contributed by atoms with Gasteiger partial charge in [0.15, 0.2) is 0 Å². The molecule has 0 amide bonds. The van der Waals surface area contributed by atoms with E-state index in [-0.39, 0.29) is 0 Å². The van der Waals surface area contributed by atoms with Crippen LogP contribution in [0.5, 0.6) is 5.75 Å². The van der Waals surface area contributed by atoms with E-state index in [1.807, 2.05) is 43.3 Å². The number of nitrogens with zero attached hydrogens (tertiary/aromatic N) is 1. The molecule has 2 N–H and O–H groups in total. The Bertz CT molecular complexity index is 572. The molecule has 0 saturated heterocycles. The van der Waals surface area contributed by atoms with Crippen LogP contribution in [-0.2, 0) is 0 Å². The number of hydrogen-bond donors (Lipinski definition) is 2. The molecule has 0 aliphatic rings. The van der Waals surface area contributed by atoms with Gasteiger partial charge in [0, 0.05) is 12.1 Å². The number of benzene rings is 1. The third kappa shape index (κ3) is 2.37. The highest BCUT2D eigenvalue weighted by atomic mass is 16.5. The van der Waals surface area contributed by atoms with Crippen LogP contribution in [0.2, 0.25) is 0 Å². The molecule has 0 aliphatic carbocycles. The summed E-state index contributed by atoms with van der Waals surface area (Å²) in [4.78, 5) is 0. The zero-order valence-corrected chi connectivity index (χ0v) is 10.6. The first-order valence-corrected chi connectivity index (χ1v) is 5.91. The molecule has 4 heteroatoms. The van der Waals surface area contributed by atoms with Crippen molar-refractivity contribution < 1.29 is 4.74 Å². The number of nitrogens with one attached hydrogen (secondary N) is 2. The fourth-order valence-corrected chi connectivity index (χ4v) is 1.82. The van der Waals surface area contributed by atoms with Crippen LogP contribution in [0.3, 0.4) is 0 Å². The van der Waals surface area contributed by atoms with Crippen molar-refractivity contribution in [2.75, 3.05) is 19.1 Å². The molecule has 2 rings (SSSR count). The summed E-state index contributed by atoms with van der Waals surface area (Å²) in [5.41, 5.74) is 5.62. The van der Waals surface area contributed by atoms with Crippen LogP contribution in [0.4, 0.5) is 0 Å². The predicted octanol–water partition coefficient (Wildman–Crippen LogP) is 2.21. The minimum Gasteiger partial charge on any atom is -0.497 e. The molecule has 0 fully saturated rings. The summed E-state index contributed by atoms with van der Waals surface area (Å²) in [5.74, 6) is 0.829. The average molecular weight is 243 g/mol. The van der Waals surface area contributed by atoms with Crippen molar-refractivity contribution in [3.8, 4) is 17.0 Å². The summed E-state index contributed by atoms with van der Waals surface area (Å²) in [6, 6.07) is 13.4. The lowest BCUT2D eigenvalue weighted by molar-refractivity contribution is 0.415. The summed E-state index contributed by atoms with van der Waals surface area (Å²) in [7, 11) is 1.65. The summed E-state index contributed by atoms with van der Waals surface area (Å²) >= 11 is 0. The van der Waals surface area contributed by atoms with Crippen molar-refractivity contribution in [3.05, 3.63) is 48.0 Å². The molecule has 0 saturated carbocycles. The van der Waals surface area contributed by atoms with Crippen molar-refractivity contribution in [2.24, 2.45) is 0 Å². The summed E-state index contributed by atoms with van der Waals surface area (Å²) < 4.78 is 6.93. The van der Waals surface area contributed by atoms with Gasteiger partial charge in [-0.15, -0.1) is 0 Å². The quantitative estimate of drug-likeness (QED) is 0.865. The first kappa shape index (κ1) is 12.2. The Morgan fingerprint density at radius 2 is 1.89 bits per heavy atom. The van der Waals surface area contributed by atoms with Crippen LogP contribution >= 0.6 is 0 Å². The molecule has 1 heterocycles. The largest absolute Gasteiger partial charge is 0.497 e. The Balaban J connectivity index is 2.48. The molecule has 0 radical (unpaired) electrons. The Hall–Kier alpha value is -2.23. The lowest BCUT2D eigenvalue weighted by atomic mass is 10.1. The van der Waals surface area contributed by atoms with E-state index < -0.39 is 0 Å². The van der Waals surface area contributed by atoms with Gasteiger partial charge >= 0.3 is 0 Å². The number of ether oxygens (including phenoxy) is 1. The second kappa shape index (κ2) is 5.40. The zero-order chi connectivity index (χ0) is 13.0. The molecule has 0 atom stereocenters. The monoisotopic (exact) mass is 243 g/mol. The zero-order valence-electron chi connectivity index (χ0n) is 10.6. The van der Waals surface area contributed by atoms with Crippen molar-refractivity contribution >= 4 is 0 Å². The molecule has 18 heavy (non-hydrogen) atoms. The number of aromatic nitrogens is 1. The van der Waals surface area contributed by atoms with Gasteiger partial charge in [-0.1, -0.05) is 6.07 Å². The van der Waals surface area contributed by atoms with Gasteiger partial charge in [-0.2, -0.15) is 0 Å². The van der Waals surface area contributed by atoms with Crippen molar-refractivity contribution in [2.45, 2.75) is 6.92 Å².